The third-order valence-corrected chi connectivity index (χ3v) is 3.40. The number of hydrogen-bond donors (Lipinski definition) is 0. The molecule has 1 aliphatic carbocycles. The number of aromatic nitrogens is 2. The summed E-state index contributed by atoms with van der Waals surface area (Å²) in [6, 6.07) is 1.70. The Morgan fingerprint density at radius 3 is 2.75 bits per heavy atom. The van der Waals surface area contributed by atoms with Crippen molar-refractivity contribution in [3.8, 4) is 5.88 Å². The summed E-state index contributed by atoms with van der Waals surface area (Å²) in [5.41, 5.74) is -0.524. The van der Waals surface area contributed by atoms with Crippen LogP contribution in [0.1, 0.15) is 47.0 Å². The first-order chi connectivity index (χ1) is 9.39. The SMILES string of the molecule is CCC(COc1ccn(C(=O)OC(C)(C)C)n1)C1CC1. The van der Waals surface area contributed by atoms with Gasteiger partial charge in [0, 0.05) is 12.3 Å². The maximum absolute atomic E-state index is 11.8. The third-order valence-electron chi connectivity index (χ3n) is 3.40. The molecule has 1 heterocycles. The Labute approximate surface area is 120 Å². The minimum absolute atomic E-state index is 0.481. The first kappa shape index (κ1) is 14.9. The Bertz CT molecular complexity index is 458. The van der Waals surface area contributed by atoms with Gasteiger partial charge in [0.2, 0.25) is 5.88 Å². The van der Waals surface area contributed by atoms with E-state index in [-0.39, 0.29) is 0 Å². The van der Waals surface area contributed by atoms with Gasteiger partial charge in [0.05, 0.1) is 6.61 Å². The standard InChI is InChI=1S/C15H24N2O3/c1-5-11(12-6-7-12)10-19-13-8-9-17(16-13)14(18)20-15(2,3)4/h8-9,11-12H,5-7,10H2,1-4H3. The van der Waals surface area contributed by atoms with E-state index in [1.807, 2.05) is 20.8 Å². The lowest BCUT2D eigenvalue weighted by Crippen LogP contribution is -2.27. The molecule has 2 rings (SSSR count). The van der Waals surface area contributed by atoms with Gasteiger partial charge in [-0.2, -0.15) is 4.68 Å². The zero-order valence-corrected chi connectivity index (χ0v) is 12.8. The Morgan fingerprint density at radius 1 is 1.50 bits per heavy atom. The maximum Gasteiger partial charge on any atom is 0.435 e. The van der Waals surface area contributed by atoms with Crippen LogP contribution in [0.5, 0.6) is 5.88 Å². The van der Waals surface area contributed by atoms with Crippen LogP contribution in [0.4, 0.5) is 4.79 Å². The van der Waals surface area contributed by atoms with Crippen LogP contribution in [0.2, 0.25) is 0 Å². The normalized spacial score (nSPS) is 16.8. The molecule has 20 heavy (non-hydrogen) atoms. The minimum Gasteiger partial charge on any atom is -0.476 e. The van der Waals surface area contributed by atoms with Crippen molar-refractivity contribution < 1.29 is 14.3 Å². The van der Waals surface area contributed by atoms with Crippen LogP contribution in [0.25, 0.3) is 0 Å². The van der Waals surface area contributed by atoms with Gasteiger partial charge in [-0.3, -0.25) is 0 Å². The molecule has 0 radical (unpaired) electrons. The molecule has 0 bridgehead atoms. The second-order valence-electron chi connectivity index (χ2n) is 6.40. The molecule has 1 aliphatic rings. The zero-order valence-electron chi connectivity index (χ0n) is 12.8. The summed E-state index contributed by atoms with van der Waals surface area (Å²) in [6.45, 7) is 8.34. The predicted octanol–water partition coefficient (Wildman–Crippen LogP) is 3.48. The largest absolute Gasteiger partial charge is 0.476 e. The Kier molecular flexibility index (Phi) is 4.35. The molecule has 1 saturated carbocycles. The Hall–Kier alpha value is -1.52. The maximum atomic E-state index is 11.8. The molecule has 0 aromatic carbocycles. The molecule has 1 atom stereocenters. The molecule has 112 valence electrons. The van der Waals surface area contributed by atoms with E-state index in [1.165, 1.54) is 17.5 Å². The fourth-order valence-electron chi connectivity index (χ4n) is 2.14. The molecule has 0 spiro atoms. The monoisotopic (exact) mass is 280 g/mol. The second kappa shape index (κ2) is 5.85. The van der Waals surface area contributed by atoms with Crippen molar-refractivity contribution >= 4 is 6.09 Å². The van der Waals surface area contributed by atoms with Crippen LogP contribution in [0.15, 0.2) is 12.3 Å². The van der Waals surface area contributed by atoms with E-state index >= 15 is 0 Å². The summed E-state index contributed by atoms with van der Waals surface area (Å²) in [4.78, 5) is 11.8. The molecule has 0 aliphatic heterocycles. The van der Waals surface area contributed by atoms with E-state index < -0.39 is 11.7 Å². The highest BCUT2D eigenvalue weighted by Crippen LogP contribution is 2.38. The summed E-state index contributed by atoms with van der Waals surface area (Å²) in [6.07, 6.45) is 4.84. The summed E-state index contributed by atoms with van der Waals surface area (Å²) in [5.74, 6) is 1.89. The number of hydrogen-bond acceptors (Lipinski definition) is 4. The van der Waals surface area contributed by atoms with Gasteiger partial charge >= 0.3 is 6.09 Å². The number of rotatable bonds is 5. The van der Waals surface area contributed by atoms with E-state index in [9.17, 15) is 4.79 Å². The Morgan fingerprint density at radius 2 is 2.20 bits per heavy atom. The number of carbonyl (C=O) groups is 1. The molecule has 1 aromatic rings. The number of carbonyl (C=O) groups excluding carboxylic acids is 1. The van der Waals surface area contributed by atoms with Crippen molar-refractivity contribution in [2.24, 2.45) is 11.8 Å². The van der Waals surface area contributed by atoms with Gasteiger partial charge in [-0.05, 0) is 51.9 Å². The highest BCUT2D eigenvalue weighted by atomic mass is 16.6. The van der Waals surface area contributed by atoms with Crippen LogP contribution < -0.4 is 4.74 Å². The Balaban J connectivity index is 1.86. The van der Waals surface area contributed by atoms with Gasteiger partial charge in [-0.1, -0.05) is 6.92 Å². The average molecular weight is 280 g/mol. The predicted molar refractivity (Wildman–Crippen MR) is 75.9 cm³/mol. The number of nitrogens with zero attached hydrogens (tertiary/aromatic N) is 2. The third kappa shape index (κ3) is 4.25. The first-order valence-corrected chi connectivity index (χ1v) is 7.31. The lowest BCUT2D eigenvalue weighted by molar-refractivity contribution is 0.0511. The molecular formula is C15H24N2O3. The molecule has 0 N–H and O–H groups in total. The van der Waals surface area contributed by atoms with Crippen molar-refractivity contribution in [3.05, 3.63) is 12.3 Å². The van der Waals surface area contributed by atoms with Crippen molar-refractivity contribution in [2.75, 3.05) is 6.61 Å². The zero-order chi connectivity index (χ0) is 14.8. The van der Waals surface area contributed by atoms with Crippen LogP contribution in [0.3, 0.4) is 0 Å². The minimum atomic E-state index is -0.524. The smallest absolute Gasteiger partial charge is 0.435 e. The average Bonchev–Trinajstić information content (AvgIpc) is 3.06. The molecule has 0 amide bonds. The summed E-state index contributed by atoms with van der Waals surface area (Å²) >= 11 is 0. The van der Waals surface area contributed by atoms with E-state index in [1.54, 1.807) is 12.3 Å². The summed E-state index contributed by atoms with van der Waals surface area (Å²) < 4.78 is 12.1. The van der Waals surface area contributed by atoms with Gasteiger partial charge in [0.1, 0.15) is 5.60 Å². The molecule has 0 saturated heterocycles. The topological polar surface area (TPSA) is 53.4 Å². The van der Waals surface area contributed by atoms with Crippen molar-refractivity contribution in [1.29, 1.82) is 0 Å². The molecular weight excluding hydrogens is 256 g/mol. The van der Waals surface area contributed by atoms with Crippen molar-refractivity contribution in [1.82, 2.24) is 9.78 Å². The van der Waals surface area contributed by atoms with Crippen LogP contribution in [-0.4, -0.2) is 28.1 Å². The summed E-state index contributed by atoms with van der Waals surface area (Å²) in [7, 11) is 0. The van der Waals surface area contributed by atoms with Gasteiger partial charge in [0.15, 0.2) is 0 Å². The molecule has 5 nitrogen and oxygen atoms in total. The van der Waals surface area contributed by atoms with Gasteiger partial charge < -0.3 is 9.47 Å². The van der Waals surface area contributed by atoms with E-state index in [0.717, 1.165) is 12.3 Å². The molecule has 1 fully saturated rings. The fourth-order valence-corrected chi connectivity index (χ4v) is 2.14. The van der Waals surface area contributed by atoms with Gasteiger partial charge in [-0.25, -0.2) is 4.79 Å². The van der Waals surface area contributed by atoms with Crippen LogP contribution in [-0.2, 0) is 4.74 Å². The van der Waals surface area contributed by atoms with Crippen LogP contribution >= 0.6 is 0 Å². The lowest BCUT2D eigenvalue weighted by atomic mass is 10.0. The quantitative estimate of drug-likeness (QED) is 0.828. The summed E-state index contributed by atoms with van der Waals surface area (Å²) in [5, 5.41) is 4.10. The van der Waals surface area contributed by atoms with Crippen molar-refractivity contribution in [3.63, 3.8) is 0 Å². The van der Waals surface area contributed by atoms with Crippen molar-refractivity contribution in [2.45, 2.75) is 52.6 Å². The molecule has 1 unspecified atom stereocenters. The second-order valence-corrected chi connectivity index (χ2v) is 6.40. The molecule has 1 aromatic heterocycles. The van der Waals surface area contributed by atoms with E-state index in [2.05, 4.69) is 12.0 Å². The van der Waals surface area contributed by atoms with Gasteiger partial charge in [-0.15, -0.1) is 5.10 Å². The van der Waals surface area contributed by atoms with E-state index in [0.29, 0.717) is 18.4 Å². The van der Waals surface area contributed by atoms with Gasteiger partial charge in [0.25, 0.3) is 0 Å². The highest BCUT2D eigenvalue weighted by Gasteiger charge is 2.30. The fraction of sp³-hybridized carbons (Fsp3) is 0.733. The van der Waals surface area contributed by atoms with E-state index in [4.69, 9.17) is 9.47 Å². The first-order valence-electron chi connectivity index (χ1n) is 7.31. The lowest BCUT2D eigenvalue weighted by Gasteiger charge is -2.18. The number of ether oxygens (including phenoxy) is 2. The highest BCUT2D eigenvalue weighted by molar-refractivity contribution is 5.69. The molecule has 5 heteroatoms. The van der Waals surface area contributed by atoms with Crippen LogP contribution in [0, 0.1) is 11.8 Å².